The van der Waals surface area contributed by atoms with Crippen molar-refractivity contribution in [2.24, 2.45) is 0 Å². The highest BCUT2D eigenvalue weighted by atomic mass is 35.5. The van der Waals surface area contributed by atoms with E-state index < -0.39 is 0 Å². The van der Waals surface area contributed by atoms with Crippen molar-refractivity contribution < 1.29 is 4.79 Å². The summed E-state index contributed by atoms with van der Waals surface area (Å²) in [6.45, 7) is 0.856. The number of aromatic nitrogens is 2. The van der Waals surface area contributed by atoms with Crippen LogP contribution in [0.3, 0.4) is 0 Å². The Morgan fingerprint density at radius 3 is 2.88 bits per heavy atom. The molecule has 1 aliphatic heterocycles. The Morgan fingerprint density at radius 1 is 1.35 bits per heavy atom. The third-order valence-corrected chi connectivity index (χ3v) is 3.93. The van der Waals surface area contributed by atoms with E-state index in [1.165, 1.54) is 0 Å². The van der Waals surface area contributed by atoms with Crippen molar-refractivity contribution in [3.63, 3.8) is 0 Å². The molecule has 1 aliphatic rings. The second-order valence-corrected chi connectivity index (χ2v) is 5.26. The van der Waals surface area contributed by atoms with Crippen molar-refractivity contribution in [1.82, 2.24) is 9.55 Å². The summed E-state index contributed by atoms with van der Waals surface area (Å²) in [5.41, 5.74) is 1.31. The summed E-state index contributed by atoms with van der Waals surface area (Å²) in [5, 5.41) is 1.57. The van der Waals surface area contributed by atoms with Crippen LogP contribution in [0.2, 0.25) is 5.02 Å². The molecule has 5 heteroatoms. The molecule has 17 heavy (non-hydrogen) atoms. The lowest BCUT2D eigenvalue weighted by atomic mass is 10.1. The number of carbonyl (C=O) groups excluding carboxylic acids is 1. The van der Waals surface area contributed by atoms with Crippen molar-refractivity contribution >= 4 is 29.1 Å². The van der Waals surface area contributed by atoms with Crippen LogP contribution in [-0.4, -0.2) is 21.1 Å². The van der Waals surface area contributed by atoms with Crippen molar-refractivity contribution in [2.75, 3.05) is 5.75 Å². The van der Waals surface area contributed by atoms with Gasteiger partial charge in [-0.2, -0.15) is 0 Å². The molecule has 86 valence electrons. The summed E-state index contributed by atoms with van der Waals surface area (Å²) >= 11 is 7.49. The van der Waals surface area contributed by atoms with Gasteiger partial charge in [0.25, 0.3) is 0 Å². The van der Waals surface area contributed by atoms with E-state index in [1.54, 1.807) is 42.2 Å². The van der Waals surface area contributed by atoms with Crippen LogP contribution in [0.15, 0.2) is 35.6 Å². The van der Waals surface area contributed by atoms with Gasteiger partial charge in [-0.25, -0.2) is 4.98 Å². The molecule has 0 atom stereocenters. The van der Waals surface area contributed by atoms with Gasteiger partial charge in [0.2, 0.25) is 5.78 Å². The lowest BCUT2D eigenvalue weighted by Crippen LogP contribution is -2.09. The molecular formula is C12H9ClN2OS. The Balaban J connectivity index is 1.99. The molecule has 3 rings (SSSR count). The number of imidazole rings is 1. The average Bonchev–Trinajstić information content (AvgIpc) is 2.90. The summed E-state index contributed by atoms with van der Waals surface area (Å²) in [4.78, 5) is 16.5. The number of hydrogen-bond donors (Lipinski definition) is 0. The molecule has 0 saturated carbocycles. The molecule has 0 N–H and O–H groups in total. The number of benzene rings is 1. The predicted molar refractivity (Wildman–Crippen MR) is 67.8 cm³/mol. The normalized spacial score (nSPS) is 13.7. The van der Waals surface area contributed by atoms with E-state index in [0.717, 1.165) is 17.5 Å². The standard InChI is InChI=1S/C12H9ClN2OS/c13-9-3-1-8(2-4-9)11(16)10-7-14-12-15(10)5-6-17-12/h1-4,7H,5-6H2. The number of thioether (sulfide) groups is 1. The number of hydrogen-bond acceptors (Lipinski definition) is 3. The van der Waals surface area contributed by atoms with Crippen molar-refractivity contribution in [3.8, 4) is 0 Å². The molecule has 3 nitrogen and oxygen atoms in total. The van der Waals surface area contributed by atoms with E-state index in [4.69, 9.17) is 11.6 Å². The van der Waals surface area contributed by atoms with Crippen LogP contribution in [0.5, 0.6) is 0 Å². The lowest BCUT2D eigenvalue weighted by molar-refractivity contribution is 0.103. The minimum Gasteiger partial charge on any atom is -0.315 e. The molecule has 2 heterocycles. The fourth-order valence-corrected chi connectivity index (χ4v) is 2.90. The van der Waals surface area contributed by atoms with Crippen LogP contribution in [-0.2, 0) is 6.54 Å². The number of ketones is 1. The van der Waals surface area contributed by atoms with Crippen molar-refractivity contribution in [1.29, 1.82) is 0 Å². The van der Waals surface area contributed by atoms with Gasteiger partial charge < -0.3 is 4.57 Å². The zero-order valence-electron chi connectivity index (χ0n) is 8.89. The fourth-order valence-electron chi connectivity index (χ4n) is 1.85. The highest BCUT2D eigenvalue weighted by Crippen LogP contribution is 2.26. The quantitative estimate of drug-likeness (QED) is 0.783. The van der Waals surface area contributed by atoms with Gasteiger partial charge >= 0.3 is 0 Å². The van der Waals surface area contributed by atoms with Gasteiger partial charge in [-0.3, -0.25) is 4.79 Å². The number of fused-ring (bicyclic) bond motifs is 1. The molecule has 0 unspecified atom stereocenters. The Labute approximate surface area is 108 Å². The molecule has 1 aromatic carbocycles. The molecule has 1 aromatic heterocycles. The van der Waals surface area contributed by atoms with Crippen LogP contribution in [0.4, 0.5) is 0 Å². The first-order valence-corrected chi connectivity index (χ1v) is 6.60. The van der Waals surface area contributed by atoms with E-state index in [2.05, 4.69) is 4.98 Å². The minimum absolute atomic E-state index is 0.00270. The molecule has 0 saturated heterocycles. The summed E-state index contributed by atoms with van der Waals surface area (Å²) < 4.78 is 1.97. The zero-order chi connectivity index (χ0) is 11.8. The number of nitrogens with zero attached hydrogens (tertiary/aromatic N) is 2. The van der Waals surface area contributed by atoms with E-state index in [-0.39, 0.29) is 5.78 Å². The van der Waals surface area contributed by atoms with E-state index >= 15 is 0 Å². The van der Waals surface area contributed by atoms with E-state index in [0.29, 0.717) is 16.3 Å². The molecular weight excluding hydrogens is 256 g/mol. The zero-order valence-corrected chi connectivity index (χ0v) is 10.5. The maximum Gasteiger partial charge on any atom is 0.211 e. The highest BCUT2D eigenvalue weighted by Gasteiger charge is 2.21. The second kappa shape index (κ2) is 4.20. The molecule has 0 fully saturated rings. The van der Waals surface area contributed by atoms with Crippen LogP contribution in [0.25, 0.3) is 0 Å². The van der Waals surface area contributed by atoms with Crippen LogP contribution < -0.4 is 0 Å². The number of rotatable bonds is 2. The monoisotopic (exact) mass is 264 g/mol. The van der Waals surface area contributed by atoms with Crippen molar-refractivity contribution in [2.45, 2.75) is 11.7 Å². The first-order chi connectivity index (χ1) is 8.25. The molecule has 0 spiro atoms. The Morgan fingerprint density at radius 2 is 2.12 bits per heavy atom. The molecule has 0 bridgehead atoms. The van der Waals surface area contributed by atoms with Gasteiger partial charge in [0, 0.05) is 22.9 Å². The molecule has 0 amide bonds. The summed E-state index contributed by atoms with van der Waals surface area (Å²) in [6.07, 6.45) is 1.65. The lowest BCUT2D eigenvalue weighted by Gasteiger charge is -2.03. The van der Waals surface area contributed by atoms with Gasteiger partial charge in [0.1, 0.15) is 5.69 Å². The van der Waals surface area contributed by atoms with Gasteiger partial charge in [-0.1, -0.05) is 23.4 Å². The summed E-state index contributed by atoms with van der Waals surface area (Å²) in [5.74, 6) is 0.993. The van der Waals surface area contributed by atoms with E-state index in [1.807, 2.05) is 4.57 Å². The van der Waals surface area contributed by atoms with Crippen LogP contribution in [0.1, 0.15) is 16.1 Å². The first kappa shape index (κ1) is 10.9. The van der Waals surface area contributed by atoms with Gasteiger partial charge in [-0.15, -0.1) is 0 Å². The maximum absolute atomic E-state index is 12.3. The largest absolute Gasteiger partial charge is 0.315 e. The smallest absolute Gasteiger partial charge is 0.211 e. The fraction of sp³-hybridized carbons (Fsp3) is 0.167. The minimum atomic E-state index is 0.00270. The second-order valence-electron chi connectivity index (χ2n) is 3.76. The van der Waals surface area contributed by atoms with Gasteiger partial charge in [0.05, 0.1) is 6.20 Å². The van der Waals surface area contributed by atoms with Crippen molar-refractivity contribution in [3.05, 3.63) is 46.7 Å². The predicted octanol–water partition coefficient (Wildman–Crippen LogP) is 2.87. The third kappa shape index (κ3) is 1.87. The maximum atomic E-state index is 12.3. The highest BCUT2D eigenvalue weighted by molar-refractivity contribution is 7.99. The SMILES string of the molecule is O=C(c1ccc(Cl)cc1)c1cnc2n1CCS2. The summed E-state index contributed by atoms with van der Waals surface area (Å²) in [7, 11) is 0. The molecule has 0 radical (unpaired) electrons. The number of carbonyl (C=O) groups is 1. The van der Waals surface area contributed by atoms with Crippen LogP contribution >= 0.6 is 23.4 Å². The van der Waals surface area contributed by atoms with Gasteiger partial charge in [0.15, 0.2) is 5.16 Å². The Kier molecular flexibility index (Phi) is 2.68. The first-order valence-electron chi connectivity index (χ1n) is 5.24. The van der Waals surface area contributed by atoms with Gasteiger partial charge in [-0.05, 0) is 24.3 Å². The Bertz CT molecular complexity index is 577. The number of halogens is 1. The molecule has 0 aliphatic carbocycles. The Hall–Kier alpha value is -1.26. The van der Waals surface area contributed by atoms with E-state index in [9.17, 15) is 4.79 Å². The third-order valence-electron chi connectivity index (χ3n) is 2.70. The topological polar surface area (TPSA) is 34.9 Å². The molecule has 2 aromatic rings. The average molecular weight is 265 g/mol. The summed E-state index contributed by atoms with van der Waals surface area (Å²) in [6, 6.07) is 6.94. The van der Waals surface area contributed by atoms with Crippen LogP contribution in [0, 0.1) is 0 Å².